The molecule has 1 unspecified atom stereocenters. The molecule has 6 atom stereocenters. The summed E-state index contributed by atoms with van der Waals surface area (Å²) in [5.74, 6) is 0.913. The Bertz CT molecular complexity index is 892. The van der Waals surface area contributed by atoms with E-state index in [1.165, 1.54) is 6.42 Å². The van der Waals surface area contributed by atoms with Crippen molar-refractivity contribution < 1.29 is 18.9 Å². The maximum absolute atomic E-state index is 13.5. The van der Waals surface area contributed by atoms with Crippen LogP contribution in [0.1, 0.15) is 72.8 Å². The Balaban J connectivity index is 1.49. The van der Waals surface area contributed by atoms with E-state index in [9.17, 15) is 9.59 Å². The van der Waals surface area contributed by atoms with E-state index >= 15 is 0 Å². The third kappa shape index (κ3) is 4.79. The molecule has 2 N–H and O–H groups in total. The van der Waals surface area contributed by atoms with Crippen LogP contribution in [0.2, 0.25) is 0 Å². The Morgan fingerprint density at radius 3 is 2.44 bits per heavy atom. The Morgan fingerprint density at radius 1 is 1.12 bits per heavy atom. The average Bonchev–Trinajstić information content (AvgIpc) is 3.15. The van der Waals surface area contributed by atoms with E-state index in [0.29, 0.717) is 30.6 Å². The molecule has 3 aliphatic carbocycles. The minimum atomic E-state index is -0.643. The molecule has 0 aromatic heterocycles. The van der Waals surface area contributed by atoms with Gasteiger partial charge in [0.2, 0.25) is 11.8 Å². The van der Waals surface area contributed by atoms with Crippen molar-refractivity contribution in [1.29, 1.82) is 0 Å². The van der Waals surface area contributed by atoms with Crippen molar-refractivity contribution in [2.24, 2.45) is 23.2 Å². The van der Waals surface area contributed by atoms with Crippen LogP contribution in [0, 0.1) is 23.2 Å². The van der Waals surface area contributed by atoms with Crippen LogP contribution < -0.4 is 10.6 Å². The number of carbonyl (C=O) groups is 2. The second-order valence-corrected chi connectivity index (χ2v) is 11.7. The zero-order valence-electron chi connectivity index (χ0n) is 21.6. The van der Waals surface area contributed by atoms with Gasteiger partial charge < -0.3 is 19.9 Å². The maximum Gasteiger partial charge on any atom is 0.481 e. The molecule has 2 amide bonds. The minimum Gasteiger partial charge on any atom is -0.404 e. The number of carbonyl (C=O) groups excluding carboxylic acids is 2. The lowest BCUT2D eigenvalue weighted by Crippen LogP contribution is -2.65. The molecule has 2 bridgehead atoms. The van der Waals surface area contributed by atoms with Crippen LogP contribution in [0.3, 0.4) is 0 Å². The van der Waals surface area contributed by atoms with Gasteiger partial charge in [-0.15, -0.1) is 0 Å². The molecule has 0 radical (unpaired) electrons. The van der Waals surface area contributed by atoms with Crippen LogP contribution >= 0.6 is 0 Å². The molecule has 7 heteroatoms. The average molecular weight is 468 g/mol. The van der Waals surface area contributed by atoms with Gasteiger partial charge in [-0.25, -0.2) is 0 Å². The van der Waals surface area contributed by atoms with Crippen LogP contribution in [0.25, 0.3) is 0 Å². The van der Waals surface area contributed by atoms with E-state index in [1.54, 1.807) is 6.92 Å². The van der Waals surface area contributed by atoms with Crippen LogP contribution in [0.4, 0.5) is 0 Å². The number of hydrogen-bond acceptors (Lipinski definition) is 4. The van der Waals surface area contributed by atoms with Gasteiger partial charge in [0.15, 0.2) is 0 Å². The minimum absolute atomic E-state index is 0.0701. The quantitative estimate of drug-likeness (QED) is 0.539. The fourth-order valence-corrected chi connectivity index (χ4v) is 6.46. The second-order valence-electron chi connectivity index (χ2n) is 11.7. The first kappa shape index (κ1) is 25.2. The summed E-state index contributed by atoms with van der Waals surface area (Å²) >= 11 is 0. The molecule has 3 saturated carbocycles. The standard InChI is InChI=1S/C27H41BN2O4/c1-7-24(31)29-20(14-18-11-9-8-10-12-18)25(32)30-23(13-17(2)3)28-33-22-16-19-15-21(26(19,4)5)27(22,6)34-28/h8-12,17,19-23H,7,13-16H2,1-6H3,(H,29,31)(H,30,32)/t19-,20+,21-,22?,23+,27-/m1/s1. The molecule has 34 heavy (non-hydrogen) atoms. The largest absolute Gasteiger partial charge is 0.481 e. The SMILES string of the molecule is CCC(=O)N[C@@H](Cc1ccccc1)C(=O)N[C@@H](CC(C)C)B1OC2C[C@H]3C[C@H](C3(C)C)[C@@]2(C)O1. The van der Waals surface area contributed by atoms with E-state index in [0.717, 1.165) is 18.4 Å². The van der Waals surface area contributed by atoms with Crippen LogP contribution in [-0.2, 0) is 25.3 Å². The predicted molar refractivity (Wildman–Crippen MR) is 134 cm³/mol. The fourth-order valence-electron chi connectivity index (χ4n) is 6.46. The first-order valence-corrected chi connectivity index (χ1v) is 13.0. The summed E-state index contributed by atoms with van der Waals surface area (Å²) in [6.45, 7) is 13.0. The highest BCUT2D eigenvalue weighted by atomic mass is 16.7. The Morgan fingerprint density at radius 2 is 1.82 bits per heavy atom. The monoisotopic (exact) mass is 468 g/mol. The van der Waals surface area contributed by atoms with Crippen molar-refractivity contribution in [1.82, 2.24) is 10.6 Å². The van der Waals surface area contributed by atoms with Crippen molar-refractivity contribution in [3.05, 3.63) is 35.9 Å². The number of hydrogen-bond donors (Lipinski definition) is 2. The molecule has 1 saturated heterocycles. The van der Waals surface area contributed by atoms with E-state index in [-0.39, 0.29) is 34.9 Å². The zero-order chi connectivity index (χ0) is 24.7. The van der Waals surface area contributed by atoms with Gasteiger partial charge in [0, 0.05) is 12.8 Å². The Kier molecular flexibility index (Phi) is 7.17. The maximum atomic E-state index is 13.5. The zero-order valence-corrected chi connectivity index (χ0v) is 21.6. The molecule has 4 fully saturated rings. The molecule has 1 aromatic carbocycles. The first-order chi connectivity index (χ1) is 16.0. The van der Waals surface area contributed by atoms with Crippen LogP contribution in [0.15, 0.2) is 30.3 Å². The topological polar surface area (TPSA) is 76.7 Å². The number of nitrogens with one attached hydrogen (secondary N) is 2. The summed E-state index contributed by atoms with van der Waals surface area (Å²) in [6, 6.07) is 9.16. The lowest BCUT2D eigenvalue weighted by atomic mass is 9.43. The van der Waals surface area contributed by atoms with Gasteiger partial charge in [-0.2, -0.15) is 0 Å². The molecule has 1 aromatic rings. The van der Waals surface area contributed by atoms with Crippen molar-refractivity contribution in [2.75, 3.05) is 0 Å². The number of benzene rings is 1. The smallest absolute Gasteiger partial charge is 0.404 e. The van der Waals surface area contributed by atoms with Crippen LogP contribution in [-0.4, -0.2) is 42.6 Å². The van der Waals surface area contributed by atoms with Crippen molar-refractivity contribution in [3.63, 3.8) is 0 Å². The van der Waals surface area contributed by atoms with Crippen molar-refractivity contribution >= 4 is 18.9 Å². The molecule has 6 nitrogen and oxygen atoms in total. The van der Waals surface area contributed by atoms with Crippen LogP contribution in [0.5, 0.6) is 0 Å². The summed E-state index contributed by atoms with van der Waals surface area (Å²) in [5.41, 5.74) is 0.960. The highest BCUT2D eigenvalue weighted by molar-refractivity contribution is 6.48. The van der Waals surface area contributed by atoms with E-state index in [2.05, 4.69) is 45.3 Å². The summed E-state index contributed by atoms with van der Waals surface area (Å²) in [5, 5.41) is 6.13. The molecular weight excluding hydrogens is 427 g/mol. The molecule has 4 aliphatic rings. The lowest BCUT2D eigenvalue weighted by Gasteiger charge is -2.64. The molecule has 0 spiro atoms. The van der Waals surface area contributed by atoms with E-state index < -0.39 is 13.2 Å². The Hall–Kier alpha value is -1.86. The van der Waals surface area contributed by atoms with Gasteiger partial charge in [0.05, 0.1) is 17.6 Å². The third-order valence-electron chi connectivity index (χ3n) is 8.61. The molecule has 1 aliphatic heterocycles. The van der Waals surface area contributed by atoms with Gasteiger partial charge in [-0.1, -0.05) is 65.0 Å². The first-order valence-electron chi connectivity index (χ1n) is 13.0. The number of rotatable bonds is 9. The highest BCUT2D eigenvalue weighted by Gasteiger charge is 2.68. The summed E-state index contributed by atoms with van der Waals surface area (Å²) in [4.78, 5) is 25.7. The van der Waals surface area contributed by atoms with Gasteiger partial charge in [0.25, 0.3) is 0 Å². The van der Waals surface area contributed by atoms with Gasteiger partial charge >= 0.3 is 7.12 Å². The lowest BCUT2D eigenvalue weighted by molar-refractivity contribution is -0.199. The molecule has 5 rings (SSSR count). The normalized spacial score (nSPS) is 30.8. The summed E-state index contributed by atoms with van der Waals surface area (Å²) in [7, 11) is -0.476. The van der Waals surface area contributed by atoms with E-state index in [4.69, 9.17) is 9.31 Å². The molecule has 186 valence electrons. The summed E-state index contributed by atoms with van der Waals surface area (Å²) < 4.78 is 13.2. The third-order valence-corrected chi connectivity index (χ3v) is 8.61. The van der Waals surface area contributed by atoms with Gasteiger partial charge in [-0.3, -0.25) is 9.59 Å². The van der Waals surface area contributed by atoms with Crippen molar-refractivity contribution in [2.45, 2.75) is 97.3 Å². The highest BCUT2D eigenvalue weighted by Crippen LogP contribution is 2.65. The predicted octanol–water partition coefficient (Wildman–Crippen LogP) is 3.92. The summed E-state index contributed by atoms with van der Waals surface area (Å²) in [6.07, 6.45) is 3.80. The molecular formula is C27H41BN2O4. The second kappa shape index (κ2) is 9.65. The van der Waals surface area contributed by atoms with Gasteiger partial charge in [0.1, 0.15) is 6.04 Å². The van der Waals surface area contributed by atoms with Crippen molar-refractivity contribution in [3.8, 4) is 0 Å². The fraction of sp³-hybridized carbons (Fsp3) is 0.704. The number of amides is 2. The Labute approximate surface area is 205 Å². The molecule has 1 heterocycles. The van der Waals surface area contributed by atoms with E-state index in [1.807, 2.05) is 30.3 Å². The van der Waals surface area contributed by atoms with Gasteiger partial charge in [-0.05, 0) is 54.9 Å².